The van der Waals surface area contributed by atoms with Crippen LogP contribution in [0.5, 0.6) is 0 Å². The zero-order chi connectivity index (χ0) is 9.68. The second kappa shape index (κ2) is 5.61. The first kappa shape index (κ1) is 11.0. The molecule has 0 bridgehead atoms. The molecular weight excluding hydrogens is 162 g/mol. The maximum absolute atomic E-state index is 6.00. The van der Waals surface area contributed by atoms with Gasteiger partial charge in [-0.25, -0.2) is 0 Å². The van der Waals surface area contributed by atoms with Gasteiger partial charge in [0.25, 0.3) is 0 Å². The molecule has 0 aliphatic carbocycles. The van der Waals surface area contributed by atoms with Gasteiger partial charge in [-0.3, -0.25) is 0 Å². The predicted octanol–water partition coefficient (Wildman–Crippen LogP) is 2.18. The number of rotatable bonds is 4. The van der Waals surface area contributed by atoms with Gasteiger partial charge in [0.1, 0.15) is 0 Å². The van der Waals surface area contributed by atoms with Gasteiger partial charge in [-0.15, -0.1) is 0 Å². The summed E-state index contributed by atoms with van der Waals surface area (Å²) in [6.07, 6.45) is 4.87. The Kier molecular flexibility index (Phi) is 4.74. The normalized spacial score (nSPS) is 24.2. The van der Waals surface area contributed by atoms with Crippen molar-refractivity contribution in [1.29, 1.82) is 0 Å². The van der Waals surface area contributed by atoms with Gasteiger partial charge in [0, 0.05) is 19.3 Å². The number of nitrogens with two attached hydrogens (primary N) is 1. The van der Waals surface area contributed by atoms with Crippen LogP contribution in [0.3, 0.4) is 0 Å². The third-order valence-electron chi connectivity index (χ3n) is 3.25. The first-order chi connectivity index (χ1) is 6.24. The van der Waals surface area contributed by atoms with Crippen LogP contribution in [0.4, 0.5) is 0 Å². The average molecular weight is 185 g/mol. The Bertz CT molecular complexity index is 132. The molecule has 0 radical (unpaired) electrons. The van der Waals surface area contributed by atoms with Gasteiger partial charge in [-0.1, -0.05) is 13.8 Å². The van der Waals surface area contributed by atoms with E-state index in [9.17, 15) is 0 Å². The lowest BCUT2D eigenvalue weighted by Gasteiger charge is -2.27. The van der Waals surface area contributed by atoms with Crippen molar-refractivity contribution in [1.82, 2.24) is 0 Å². The molecule has 2 heteroatoms. The van der Waals surface area contributed by atoms with Gasteiger partial charge < -0.3 is 10.5 Å². The molecule has 1 aliphatic heterocycles. The van der Waals surface area contributed by atoms with E-state index in [2.05, 4.69) is 13.8 Å². The van der Waals surface area contributed by atoms with Crippen molar-refractivity contribution in [3.05, 3.63) is 0 Å². The molecule has 0 amide bonds. The molecule has 1 rings (SSSR count). The molecule has 2 nitrogen and oxygen atoms in total. The van der Waals surface area contributed by atoms with Crippen molar-refractivity contribution < 1.29 is 4.74 Å². The molecule has 2 N–H and O–H groups in total. The molecule has 2 atom stereocenters. The standard InChI is InChI=1S/C11H23NO/c1-3-11(12)9(2)8-10-4-6-13-7-5-10/h9-11H,3-8,12H2,1-2H3. The van der Waals surface area contributed by atoms with Crippen LogP contribution < -0.4 is 5.73 Å². The van der Waals surface area contributed by atoms with E-state index in [1.807, 2.05) is 0 Å². The average Bonchev–Trinajstić information content (AvgIpc) is 2.18. The molecule has 0 spiro atoms. The highest BCUT2D eigenvalue weighted by atomic mass is 16.5. The zero-order valence-corrected chi connectivity index (χ0v) is 8.96. The molecular formula is C11H23NO. The van der Waals surface area contributed by atoms with Crippen LogP contribution in [0.25, 0.3) is 0 Å². The topological polar surface area (TPSA) is 35.2 Å². The minimum absolute atomic E-state index is 0.392. The first-order valence-electron chi connectivity index (χ1n) is 5.57. The molecule has 2 unspecified atom stereocenters. The fourth-order valence-corrected chi connectivity index (χ4v) is 2.09. The van der Waals surface area contributed by atoms with E-state index in [4.69, 9.17) is 10.5 Å². The van der Waals surface area contributed by atoms with E-state index in [1.165, 1.54) is 19.3 Å². The molecule has 1 fully saturated rings. The lowest BCUT2D eigenvalue weighted by Crippen LogP contribution is -2.30. The lowest BCUT2D eigenvalue weighted by molar-refractivity contribution is 0.0580. The Morgan fingerprint density at radius 3 is 2.54 bits per heavy atom. The third-order valence-corrected chi connectivity index (χ3v) is 3.25. The van der Waals surface area contributed by atoms with E-state index in [1.54, 1.807) is 0 Å². The van der Waals surface area contributed by atoms with Gasteiger partial charge in [0.2, 0.25) is 0 Å². The van der Waals surface area contributed by atoms with Crippen LogP contribution in [0.2, 0.25) is 0 Å². The quantitative estimate of drug-likeness (QED) is 0.728. The molecule has 1 saturated heterocycles. The Labute approximate surface area is 81.8 Å². The summed E-state index contributed by atoms with van der Waals surface area (Å²) >= 11 is 0. The third kappa shape index (κ3) is 3.65. The van der Waals surface area contributed by atoms with Crippen molar-refractivity contribution in [3.8, 4) is 0 Å². The van der Waals surface area contributed by atoms with Crippen molar-refractivity contribution >= 4 is 0 Å². The lowest BCUT2D eigenvalue weighted by atomic mass is 9.86. The Morgan fingerprint density at radius 1 is 1.38 bits per heavy atom. The fraction of sp³-hybridized carbons (Fsp3) is 1.00. The highest BCUT2D eigenvalue weighted by Gasteiger charge is 2.19. The summed E-state index contributed by atoms with van der Waals surface area (Å²) in [5, 5.41) is 0. The van der Waals surface area contributed by atoms with Crippen LogP contribution in [-0.2, 0) is 4.74 Å². The van der Waals surface area contributed by atoms with Crippen LogP contribution in [-0.4, -0.2) is 19.3 Å². The summed E-state index contributed by atoms with van der Waals surface area (Å²) in [6, 6.07) is 0.392. The van der Waals surface area contributed by atoms with Gasteiger partial charge in [-0.05, 0) is 37.5 Å². The Hall–Kier alpha value is -0.0800. The predicted molar refractivity (Wildman–Crippen MR) is 55.6 cm³/mol. The summed E-state index contributed by atoms with van der Waals surface area (Å²) < 4.78 is 5.34. The maximum Gasteiger partial charge on any atom is 0.0468 e. The van der Waals surface area contributed by atoms with Gasteiger partial charge in [0.15, 0.2) is 0 Å². The second-order valence-electron chi connectivity index (χ2n) is 4.34. The second-order valence-corrected chi connectivity index (χ2v) is 4.34. The number of hydrogen-bond acceptors (Lipinski definition) is 2. The van der Waals surface area contributed by atoms with Crippen LogP contribution in [0.15, 0.2) is 0 Å². The minimum atomic E-state index is 0.392. The van der Waals surface area contributed by atoms with Gasteiger partial charge in [-0.2, -0.15) is 0 Å². The summed E-state index contributed by atoms with van der Waals surface area (Å²) in [6.45, 7) is 6.37. The van der Waals surface area contributed by atoms with Crippen LogP contribution in [0, 0.1) is 11.8 Å². The largest absolute Gasteiger partial charge is 0.381 e. The van der Waals surface area contributed by atoms with E-state index >= 15 is 0 Å². The highest BCUT2D eigenvalue weighted by Crippen LogP contribution is 2.24. The van der Waals surface area contributed by atoms with Crippen molar-refractivity contribution in [2.24, 2.45) is 17.6 Å². The van der Waals surface area contributed by atoms with Crippen LogP contribution in [0.1, 0.15) is 39.5 Å². The molecule has 0 saturated carbocycles. The van der Waals surface area contributed by atoms with Gasteiger partial charge >= 0.3 is 0 Å². The van der Waals surface area contributed by atoms with E-state index in [0.717, 1.165) is 25.6 Å². The molecule has 0 aromatic carbocycles. The molecule has 13 heavy (non-hydrogen) atoms. The van der Waals surface area contributed by atoms with Crippen molar-refractivity contribution in [2.45, 2.75) is 45.6 Å². The number of hydrogen-bond donors (Lipinski definition) is 1. The Morgan fingerprint density at radius 2 is 2.00 bits per heavy atom. The summed E-state index contributed by atoms with van der Waals surface area (Å²) in [5.41, 5.74) is 6.00. The SMILES string of the molecule is CCC(N)C(C)CC1CCOCC1. The van der Waals surface area contributed by atoms with Gasteiger partial charge in [0.05, 0.1) is 0 Å². The fourth-order valence-electron chi connectivity index (χ4n) is 2.09. The van der Waals surface area contributed by atoms with E-state index in [-0.39, 0.29) is 0 Å². The van der Waals surface area contributed by atoms with Crippen molar-refractivity contribution in [2.75, 3.05) is 13.2 Å². The molecule has 1 heterocycles. The number of ether oxygens (including phenoxy) is 1. The summed E-state index contributed by atoms with van der Waals surface area (Å²) in [4.78, 5) is 0. The monoisotopic (exact) mass is 185 g/mol. The van der Waals surface area contributed by atoms with Crippen LogP contribution >= 0.6 is 0 Å². The van der Waals surface area contributed by atoms with E-state index < -0.39 is 0 Å². The highest BCUT2D eigenvalue weighted by molar-refractivity contribution is 4.73. The Balaban J connectivity index is 2.21. The summed E-state index contributed by atoms with van der Waals surface area (Å²) in [7, 11) is 0. The van der Waals surface area contributed by atoms with Crippen molar-refractivity contribution in [3.63, 3.8) is 0 Å². The maximum atomic E-state index is 6.00. The summed E-state index contributed by atoms with van der Waals surface area (Å²) in [5.74, 6) is 1.54. The molecule has 0 aromatic heterocycles. The molecule has 0 aromatic rings. The molecule has 1 aliphatic rings. The minimum Gasteiger partial charge on any atom is -0.381 e. The zero-order valence-electron chi connectivity index (χ0n) is 8.96. The molecule has 78 valence electrons. The van der Waals surface area contributed by atoms with E-state index in [0.29, 0.717) is 12.0 Å². The smallest absolute Gasteiger partial charge is 0.0468 e. The first-order valence-corrected chi connectivity index (χ1v) is 5.57.